The van der Waals surface area contributed by atoms with Gasteiger partial charge in [0.15, 0.2) is 0 Å². The van der Waals surface area contributed by atoms with Gasteiger partial charge in [-0.25, -0.2) is 12.4 Å². The molecule has 28 heavy (non-hydrogen) atoms. The lowest BCUT2D eigenvalue weighted by Gasteiger charge is -2.14. The summed E-state index contributed by atoms with van der Waals surface area (Å²) in [6.45, 7) is 2.92. The van der Waals surface area contributed by atoms with Gasteiger partial charge in [-0.2, -0.15) is 0 Å². The molecule has 3 aromatic rings. The molecule has 150 valence electrons. The molecule has 0 aliphatic carbocycles. The summed E-state index contributed by atoms with van der Waals surface area (Å²) in [5, 5.41) is 0.948. The monoisotopic (exact) mass is 400 g/mol. The molecule has 0 aliphatic heterocycles. The number of nitrogens with zero attached hydrogens (tertiary/aromatic N) is 2. The molecule has 6 heteroatoms. The molecule has 1 heterocycles. The van der Waals surface area contributed by atoms with E-state index in [9.17, 15) is 8.42 Å². The molecule has 2 aromatic carbocycles. The molecule has 0 saturated carbocycles. The number of aromatic nitrogens is 1. The molecular formula is C22H28N2O3S. The second kappa shape index (κ2) is 8.37. The molecule has 0 radical (unpaired) electrons. The first-order valence-corrected chi connectivity index (χ1v) is 11.0. The first-order valence-electron chi connectivity index (χ1n) is 9.55. The quantitative estimate of drug-likeness (QED) is 0.575. The van der Waals surface area contributed by atoms with E-state index in [2.05, 4.69) is 11.8 Å². The van der Waals surface area contributed by atoms with Crippen molar-refractivity contribution in [2.75, 3.05) is 27.7 Å². The summed E-state index contributed by atoms with van der Waals surface area (Å²) in [4.78, 5) is 2.42. The van der Waals surface area contributed by atoms with Crippen LogP contribution in [0.5, 0.6) is 5.75 Å². The van der Waals surface area contributed by atoms with Crippen LogP contribution >= 0.6 is 0 Å². The van der Waals surface area contributed by atoms with Crippen LogP contribution in [0.3, 0.4) is 0 Å². The van der Waals surface area contributed by atoms with E-state index in [4.69, 9.17) is 4.74 Å². The molecule has 0 fully saturated rings. The zero-order chi connectivity index (χ0) is 20.3. The van der Waals surface area contributed by atoms with Gasteiger partial charge in [-0.1, -0.05) is 31.5 Å². The van der Waals surface area contributed by atoms with E-state index in [0.717, 1.165) is 41.8 Å². The van der Waals surface area contributed by atoms with Crippen LogP contribution in [0.1, 0.15) is 24.6 Å². The Bertz CT molecular complexity index is 1050. The van der Waals surface area contributed by atoms with E-state index in [0.29, 0.717) is 16.8 Å². The summed E-state index contributed by atoms with van der Waals surface area (Å²) in [6, 6.07) is 14.3. The number of rotatable bonds is 8. The van der Waals surface area contributed by atoms with Gasteiger partial charge in [0, 0.05) is 17.6 Å². The lowest BCUT2D eigenvalue weighted by Crippen LogP contribution is -2.18. The normalized spacial score (nSPS) is 12.0. The highest BCUT2D eigenvalue weighted by atomic mass is 32.2. The van der Waals surface area contributed by atoms with Crippen molar-refractivity contribution >= 4 is 20.9 Å². The summed E-state index contributed by atoms with van der Waals surface area (Å²) in [7, 11) is 1.99. The van der Waals surface area contributed by atoms with Gasteiger partial charge < -0.3 is 9.64 Å². The van der Waals surface area contributed by atoms with Crippen LogP contribution in [0, 0.1) is 0 Å². The van der Waals surface area contributed by atoms with Crippen molar-refractivity contribution in [1.29, 1.82) is 0 Å². The van der Waals surface area contributed by atoms with Gasteiger partial charge in [0.1, 0.15) is 5.75 Å². The number of likely N-dealkylation sites (N-methyl/N-ethyl adjacent to an activating group) is 1. The van der Waals surface area contributed by atoms with E-state index in [1.807, 2.05) is 38.4 Å². The van der Waals surface area contributed by atoms with E-state index in [1.54, 1.807) is 35.3 Å². The van der Waals surface area contributed by atoms with Crippen molar-refractivity contribution in [1.82, 2.24) is 8.87 Å². The maximum atomic E-state index is 13.6. The maximum Gasteiger partial charge on any atom is 0.268 e. The third-order valence-electron chi connectivity index (χ3n) is 4.92. The molecular weight excluding hydrogens is 372 g/mol. The van der Waals surface area contributed by atoms with E-state index in [1.165, 1.54) is 0 Å². The number of hydrogen-bond acceptors (Lipinski definition) is 4. The Morgan fingerprint density at radius 2 is 1.75 bits per heavy atom. The fraction of sp³-hybridized carbons (Fsp3) is 0.364. The van der Waals surface area contributed by atoms with Crippen LogP contribution in [-0.4, -0.2) is 45.0 Å². The molecule has 0 spiro atoms. The summed E-state index contributed by atoms with van der Waals surface area (Å²) in [5.41, 5.74) is 2.67. The standard InChI is InChI=1S/C22H28N2O3S/c1-5-9-21-19(14-15-23(2)3)20-16-17(27-4)12-13-22(20)24(21)28(25,26)18-10-7-6-8-11-18/h6-8,10-13,16H,5,9,14-15H2,1-4H3. The molecule has 0 bridgehead atoms. The summed E-state index contributed by atoms with van der Waals surface area (Å²) in [6.07, 6.45) is 2.35. The van der Waals surface area contributed by atoms with Crippen molar-refractivity contribution in [3.05, 3.63) is 59.8 Å². The lowest BCUT2D eigenvalue weighted by atomic mass is 10.0. The van der Waals surface area contributed by atoms with Crippen molar-refractivity contribution in [2.24, 2.45) is 0 Å². The minimum Gasteiger partial charge on any atom is -0.497 e. The Morgan fingerprint density at radius 3 is 2.36 bits per heavy atom. The summed E-state index contributed by atoms with van der Waals surface area (Å²) >= 11 is 0. The van der Waals surface area contributed by atoms with Gasteiger partial charge in [0.25, 0.3) is 10.0 Å². The topological polar surface area (TPSA) is 51.5 Å². The van der Waals surface area contributed by atoms with E-state index in [-0.39, 0.29) is 0 Å². The number of fused-ring (bicyclic) bond motifs is 1. The minimum atomic E-state index is -3.69. The highest BCUT2D eigenvalue weighted by Gasteiger charge is 2.26. The van der Waals surface area contributed by atoms with E-state index >= 15 is 0 Å². The Labute approximate surface area is 167 Å². The Hall–Kier alpha value is -2.31. The Kier molecular flexibility index (Phi) is 6.10. The molecule has 0 unspecified atom stereocenters. The number of hydrogen-bond donors (Lipinski definition) is 0. The van der Waals surface area contributed by atoms with Gasteiger partial charge in [0.2, 0.25) is 0 Å². The van der Waals surface area contributed by atoms with Crippen LogP contribution in [0.15, 0.2) is 53.4 Å². The second-order valence-electron chi connectivity index (χ2n) is 7.19. The summed E-state index contributed by atoms with van der Waals surface area (Å²) in [5.74, 6) is 0.732. The minimum absolute atomic E-state index is 0.305. The number of benzene rings is 2. The van der Waals surface area contributed by atoms with Gasteiger partial charge in [-0.3, -0.25) is 0 Å². The molecule has 0 saturated heterocycles. The zero-order valence-electron chi connectivity index (χ0n) is 17.0. The van der Waals surface area contributed by atoms with E-state index < -0.39 is 10.0 Å². The predicted molar refractivity (Wildman–Crippen MR) is 114 cm³/mol. The third-order valence-corrected chi connectivity index (χ3v) is 6.68. The zero-order valence-corrected chi connectivity index (χ0v) is 17.8. The molecule has 0 atom stereocenters. The van der Waals surface area contributed by atoms with Crippen LogP contribution in [0.4, 0.5) is 0 Å². The van der Waals surface area contributed by atoms with Crippen molar-refractivity contribution in [3.63, 3.8) is 0 Å². The average Bonchev–Trinajstić information content (AvgIpc) is 3.00. The first kappa shape index (κ1) is 20.4. The van der Waals surface area contributed by atoms with Crippen molar-refractivity contribution in [3.8, 4) is 5.75 Å². The molecule has 0 aliphatic rings. The first-order chi connectivity index (χ1) is 13.4. The maximum absolute atomic E-state index is 13.6. The fourth-order valence-electron chi connectivity index (χ4n) is 3.56. The van der Waals surface area contributed by atoms with Crippen LogP contribution in [0.2, 0.25) is 0 Å². The van der Waals surface area contributed by atoms with Crippen LogP contribution in [-0.2, 0) is 22.9 Å². The SMILES string of the molecule is CCCc1c(CCN(C)C)c2cc(OC)ccc2n1S(=O)(=O)c1ccccc1. The van der Waals surface area contributed by atoms with Crippen LogP contribution < -0.4 is 4.74 Å². The lowest BCUT2D eigenvalue weighted by molar-refractivity contribution is 0.413. The summed E-state index contributed by atoms with van der Waals surface area (Å²) < 4.78 is 34.1. The van der Waals surface area contributed by atoms with Gasteiger partial charge in [-0.15, -0.1) is 0 Å². The molecule has 5 nitrogen and oxygen atoms in total. The molecule has 0 N–H and O–H groups in total. The van der Waals surface area contributed by atoms with Gasteiger partial charge >= 0.3 is 0 Å². The predicted octanol–water partition coefficient (Wildman–Crippen LogP) is 3.94. The van der Waals surface area contributed by atoms with Gasteiger partial charge in [0.05, 0.1) is 17.5 Å². The largest absolute Gasteiger partial charge is 0.497 e. The molecule has 0 amide bonds. The van der Waals surface area contributed by atoms with Crippen molar-refractivity contribution in [2.45, 2.75) is 31.1 Å². The molecule has 3 rings (SSSR count). The number of ether oxygens (including phenoxy) is 1. The Balaban J connectivity index is 2.33. The third kappa shape index (κ3) is 3.80. The van der Waals surface area contributed by atoms with Crippen molar-refractivity contribution < 1.29 is 13.2 Å². The fourth-order valence-corrected chi connectivity index (χ4v) is 5.18. The smallest absolute Gasteiger partial charge is 0.268 e. The highest BCUT2D eigenvalue weighted by molar-refractivity contribution is 7.90. The van der Waals surface area contributed by atoms with Crippen LogP contribution in [0.25, 0.3) is 10.9 Å². The number of methoxy groups -OCH3 is 1. The Morgan fingerprint density at radius 1 is 1.04 bits per heavy atom. The highest BCUT2D eigenvalue weighted by Crippen LogP contribution is 2.34. The van der Waals surface area contributed by atoms with Gasteiger partial charge in [-0.05, 0) is 62.8 Å². The second-order valence-corrected chi connectivity index (χ2v) is 8.98. The average molecular weight is 401 g/mol. The molecule has 1 aromatic heterocycles.